The number of hydrogen-bond donors (Lipinski definition) is 1. The highest BCUT2D eigenvalue weighted by molar-refractivity contribution is 7.92. The largest absolute Gasteiger partial charge is 0.497 e. The Balaban J connectivity index is 2.04. The van der Waals surface area contributed by atoms with Gasteiger partial charge in [0.05, 0.1) is 17.7 Å². The molecule has 3 aromatic rings. The summed E-state index contributed by atoms with van der Waals surface area (Å²) in [6, 6.07) is 17.3. The summed E-state index contributed by atoms with van der Waals surface area (Å²) < 4.78 is 47.4. The van der Waals surface area contributed by atoms with Gasteiger partial charge in [0.1, 0.15) is 24.2 Å². The number of methoxy groups -OCH3 is 1. The van der Waals surface area contributed by atoms with E-state index in [0.717, 1.165) is 27.6 Å². The maximum atomic E-state index is 13.9. The third-order valence-corrected chi connectivity index (χ3v) is 8.04. The zero-order valence-corrected chi connectivity index (χ0v) is 23.4. The second kappa shape index (κ2) is 13.2. The normalized spacial score (nSPS) is 11.9. The SMILES string of the molecule is CCNC(=O)C(CC)N(Cc1ccc(C)cc1)C(=O)CN(c1ccc(F)cc1)S(=O)(=O)c1ccc(OC)cc1. The number of carbonyl (C=O) groups is 2. The van der Waals surface area contributed by atoms with Gasteiger partial charge in [-0.3, -0.25) is 13.9 Å². The molecule has 208 valence electrons. The first kappa shape index (κ1) is 29.6. The highest BCUT2D eigenvalue weighted by Crippen LogP contribution is 2.26. The lowest BCUT2D eigenvalue weighted by Gasteiger charge is -2.33. The van der Waals surface area contributed by atoms with Gasteiger partial charge in [0.2, 0.25) is 11.8 Å². The number of rotatable bonds is 12. The fourth-order valence-corrected chi connectivity index (χ4v) is 5.53. The van der Waals surface area contributed by atoms with Gasteiger partial charge in [0.25, 0.3) is 10.0 Å². The Kier molecular flexibility index (Phi) is 10.1. The smallest absolute Gasteiger partial charge is 0.264 e. The molecule has 2 amide bonds. The van der Waals surface area contributed by atoms with Crippen LogP contribution >= 0.6 is 0 Å². The summed E-state index contributed by atoms with van der Waals surface area (Å²) in [7, 11) is -2.79. The number of amides is 2. The summed E-state index contributed by atoms with van der Waals surface area (Å²) in [5, 5.41) is 2.77. The molecule has 8 nitrogen and oxygen atoms in total. The Morgan fingerprint density at radius 2 is 1.56 bits per heavy atom. The Morgan fingerprint density at radius 3 is 2.10 bits per heavy atom. The number of anilines is 1. The van der Waals surface area contributed by atoms with Gasteiger partial charge >= 0.3 is 0 Å². The summed E-state index contributed by atoms with van der Waals surface area (Å²) in [6.45, 7) is 5.42. The number of aryl methyl sites for hydroxylation is 1. The van der Waals surface area contributed by atoms with Crippen molar-refractivity contribution in [3.8, 4) is 5.75 Å². The maximum absolute atomic E-state index is 13.9. The second-order valence-corrected chi connectivity index (χ2v) is 10.9. The minimum atomic E-state index is -4.25. The van der Waals surface area contributed by atoms with Crippen molar-refractivity contribution >= 4 is 27.5 Å². The van der Waals surface area contributed by atoms with Crippen molar-refractivity contribution in [1.82, 2.24) is 10.2 Å². The number of likely N-dealkylation sites (N-methyl/N-ethyl adjacent to an activating group) is 1. The molecule has 0 aliphatic rings. The highest BCUT2D eigenvalue weighted by atomic mass is 32.2. The first-order valence-electron chi connectivity index (χ1n) is 12.7. The van der Waals surface area contributed by atoms with E-state index in [2.05, 4.69) is 5.32 Å². The Bertz CT molecular complexity index is 1360. The van der Waals surface area contributed by atoms with Gasteiger partial charge in [-0.1, -0.05) is 36.8 Å². The second-order valence-electron chi connectivity index (χ2n) is 8.99. The van der Waals surface area contributed by atoms with Crippen LogP contribution in [-0.2, 0) is 26.2 Å². The quantitative estimate of drug-likeness (QED) is 0.360. The number of nitrogens with one attached hydrogen (secondary N) is 1. The molecule has 0 radical (unpaired) electrons. The maximum Gasteiger partial charge on any atom is 0.264 e. The van der Waals surface area contributed by atoms with Crippen molar-refractivity contribution in [1.29, 1.82) is 0 Å². The molecule has 0 heterocycles. The minimum absolute atomic E-state index is 0.0683. The van der Waals surface area contributed by atoms with Crippen LogP contribution in [0, 0.1) is 12.7 Å². The van der Waals surface area contributed by atoms with Crippen molar-refractivity contribution < 1.29 is 27.1 Å². The van der Waals surface area contributed by atoms with E-state index in [-0.39, 0.29) is 23.0 Å². The molecule has 0 bridgehead atoms. The molecule has 3 aromatic carbocycles. The number of nitrogens with zero attached hydrogens (tertiary/aromatic N) is 2. The predicted molar refractivity (Wildman–Crippen MR) is 148 cm³/mol. The fraction of sp³-hybridized carbons (Fsp3) is 0.310. The molecular formula is C29H34FN3O5S. The summed E-state index contributed by atoms with van der Waals surface area (Å²) in [5.74, 6) is -0.979. The van der Waals surface area contributed by atoms with Gasteiger partial charge in [-0.15, -0.1) is 0 Å². The van der Waals surface area contributed by atoms with Crippen molar-refractivity contribution in [2.75, 3.05) is 24.5 Å². The number of benzene rings is 3. The van der Waals surface area contributed by atoms with Gasteiger partial charge in [-0.05, 0) is 74.4 Å². The summed E-state index contributed by atoms with van der Waals surface area (Å²) >= 11 is 0. The molecule has 0 fully saturated rings. The molecule has 39 heavy (non-hydrogen) atoms. The van der Waals surface area contributed by atoms with E-state index in [1.165, 1.54) is 48.4 Å². The van der Waals surface area contributed by atoms with E-state index in [1.54, 1.807) is 13.8 Å². The van der Waals surface area contributed by atoms with Gasteiger partial charge in [-0.2, -0.15) is 0 Å². The van der Waals surface area contributed by atoms with Gasteiger partial charge in [0.15, 0.2) is 0 Å². The van der Waals surface area contributed by atoms with Crippen LogP contribution in [0.4, 0.5) is 10.1 Å². The molecule has 0 aromatic heterocycles. The van der Waals surface area contributed by atoms with Crippen molar-refractivity contribution in [3.63, 3.8) is 0 Å². The first-order valence-corrected chi connectivity index (χ1v) is 14.1. The zero-order chi connectivity index (χ0) is 28.6. The van der Waals surface area contributed by atoms with Crippen LogP contribution < -0.4 is 14.4 Å². The van der Waals surface area contributed by atoms with Crippen LogP contribution in [-0.4, -0.2) is 51.4 Å². The molecule has 0 saturated carbocycles. The molecule has 3 rings (SSSR count). The van der Waals surface area contributed by atoms with Crippen molar-refractivity contribution in [2.24, 2.45) is 0 Å². The van der Waals surface area contributed by atoms with E-state index in [4.69, 9.17) is 4.74 Å². The molecule has 10 heteroatoms. The average Bonchev–Trinajstić information content (AvgIpc) is 2.93. The molecule has 0 saturated heterocycles. The number of ether oxygens (including phenoxy) is 1. The Hall–Kier alpha value is -3.92. The third kappa shape index (κ3) is 7.35. The Labute approximate surface area is 229 Å². The summed E-state index contributed by atoms with van der Waals surface area (Å²) in [5.41, 5.74) is 1.95. The van der Waals surface area contributed by atoms with E-state index >= 15 is 0 Å². The molecular weight excluding hydrogens is 521 g/mol. The summed E-state index contributed by atoms with van der Waals surface area (Å²) in [4.78, 5) is 28.2. The van der Waals surface area contributed by atoms with Gasteiger partial charge in [-0.25, -0.2) is 12.8 Å². The number of halogens is 1. The number of sulfonamides is 1. The van der Waals surface area contributed by atoms with E-state index in [9.17, 15) is 22.4 Å². The number of carbonyl (C=O) groups excluding carboxylic acids is 2. The van der Waals surface area contributed by atoms with Crippen LogP contribution in [0.2, 0.25) is 0 Å². The van der Waals surface area contributed by atoms with Gasteiger partial charge < -0.3 is 15.0 Å². The monoisotopic (exact) mass is 555 g/mol. The lowest BCUT2D eigenvalue weighted by molar-refractivity contribution is -0.140. The molecule has 1 atom stereocenters. The van der Waals surface area contributed by atoms with Crippen LogP contribution in [0.15, 0.2) is 77.7 Å². The lowest BCUT2D eigenvalue weighted by atomic mass is 10.1. The lowest BCUT2D eigenvalue weighted by Crippen LogP contribution is -2.52. The third-order valence-electron chi connectivity index (χ3n) is 6.25. The summed E-state index contributed by atoms with van der Waals surface area (Å²) in [6.07, 6.45) is 0.325. The first-order chi connectivity index (χ1) is 18.6. The highest BCUT2D eigenvalue weighted by Gasteiger charge is 2.33. The van der Waals surface area contributed by atoms with E-state index < -0.39 is 34.3 Å². The molecule has 0 spiro atoms. The molecule has 1 N–H and O–H groups in total. The van der Waals surface area contributed by atoms with Crippen LogP contribution in [0.25, 0.3) is 0 Å². The topological polar surface area (TPSA) is 96.0 Å². The molecule has 0 aliphatic carbocycles. The van der Waals surface area contributed by atoms with Crippen LogP contribution in [0.5, 0.6) is 5.75 Å². The minimum Gasteiger partial charge on any atom is -0.497 e. The predicted octanol–water partition coefficient (Wildman–Crippen LogP) is 4.28. The van der Waals surface area contributed by atoms with Crippen molar-refractivity contribution in [3.05, 3.63) is 89.7 Å². The van der Waals surface area contributed by atoms with Gasteiger partial charge in [0, 0.05) is 13.1 Å². The van der Waals surface area contributed by atoms with Crippen LogP contribution in [0.1, 0.15) is 31.4 Å². The van der Waals surface area contributed by atoms with Crippen LogP contribution in [0.3, 0.4) is 0 Å². The molecule has 1 unspecified atom stereocenters. The number of hydrogen-bond acceptors (Lipinski definition) is 5. The fourth-order valence-electron chi connectivity index (χ4n) is 4.11. The Morgan fingerprint density at radius 1 is 0.949 bits per heavy atom. The molecule has 0 aliphatic heterocycles. The van der Waals surface area contributed by atoms with E-state index in [0.29, 0.717) is 18.7 Å². The zero-order valence-electron chi connectivity index (χ0n) is 22.6. The van der Waals surface area contributed by atoms with Crippen molar-refractivity contribution in [2.45, 2.75) is 44.7 Å². The van der Waals surface area contributed by atoms with E-state index in [1.807, 2.05) is 31.2 Å². The average molecular weight is 556 g/mol. The standard InChI is InChI=1S/C29H34FN3O5S/c1-5-27(29(35)31-6-2)32(19-22-9-7-21(3)8-10-22)28(34)20-33(24-13-11-23(30)12-14-24)39(36,37)26-17-15-25(38-4)16-18-26/h7-18,27H,5-6,19-20H2,1-4H3,(H,31,35).